The summed E-state index contributed by atoms with van der Waals surface area (Å²) in [5, 5.41) is 18.4. The second-order valence-corrected chi connectivity index (χ2v) is 11.6. The number of hydrogen-bond acceptors (Lipinski definition) is 8. The van der Waals surface area contributed by atoms with Crippen LogP contribution in [0.3, 0.4) is 0 Å². The molecule has 0 atom stereocenters. The van der Waals surface area contributed by atoms with Crippen LogP contribution in [0.25, 0.3) is 10.2 Å². The predicted octanol–water partition coefficient (Wildman–Crippen LogP) is 4.92. The number of carbonyl (C=O) groups is 1. The van der Waals surface area contributed by atoms with E-state index in [9.17, 15) is 13.2 Å². The Bertz CT molecular complexity index is 1620. The van der Waals surface area contributed by atoms with E-state index in [-0.39, 0.29) is 43.3 Å². The van der Waals surface area contributed by atoms with Crippen molar-refractivity contribution in [2.45, 2.75) is 37.6 Å². The average Bonchev–Trinajstić information content (AvgIpc) is 3.39. The van der Waals surface area contributed by atoms with Gasteiger partial charge in [0.2, 0.25) is 10.0 Å². The molecule has 0 aliphatic rings. The molecule has 9 nitrogen and oxygen atoms in total. The number of aromatic nitrogens is 2. The average molecular weight is 559 g/mol. The highest BCUT2D eigenvalue weighted by molar-refractivity contribution is 7.89. The van der Waals surface area contributed by atoms with Crippen molar-refractivity contribution in [2.75, 3.05) is 18.0 Å². The molecule has 2 aromatic carbocycles. The minimum absolute atomic E-state index is 0.00640. The Labute approximate surface area is 231 Å². The molecule has 0 aliphatic heterocycles. The number of aryl methyl sites for hydroxylation is 1. The van der Waals surface area contributed by atoms with Gasteiger partial charge in [0, 0.05) is 43.9 Å². The summed E-state index contributed by atoms with van der Waals surface area (Å²) in [5.41, 5.74) is 3.10. The lowest BCUT2D eigenvalue weighted by molar-refractivity contribution is 0.0985. The second-order valence-electron chi connectivity index (χ2n) is 8.65. The number of amides is 1. The number of thiazole rings is 1. The highest BCUT2D eigenvalue weighted by Gasteiger charge is 2.26. The van der Waals surface area contributed by atoms with Crippen LogP contribution in [0.2, 0.25) is 0 Å². The third kappa shape index (κ3) is 6.47. The lowest BCUT2D eigenvalue weighted by Gasteiger charge is -2.21. The van der Waals surface area contributed by atoms with Crippen LogP contribution in [0.15, 0.2) is 71.9 Å². The van der Waals surface area contributed by atoms with E-state index in [1.807, 2.05) is 30.3 Å². The number of sulfonamides is 1. The van der Waals surface area contributed by atoms with Crippen LogP contribution in [0.1, 0.15) is 41.3 Å². The number of nitrogens with zero attached hydrogens (tertiary/aromatic N) is 6. The van der Waals surface area contributed by atoms with E-state index in [0.717, 1.165) is 26.5 Å². The summed E-state index contributed by atoms with van der Waals surface area (Å²) in [5.74, 6) is -0.330. The lowest BCUT2D eigenvalue weighted by atomic mass is 10.2. The van der Waals surface area contributed by atoms with E-state index in [1.165, 1.54) is 41.2 Å². The highest BCUT2D eigenvalue weighted by Crippen LogP contribution is 2.32. The van der Waals surface area contributed by atoms with Gasteiger partial charge in [0.25, 0.3) is 5.91 Å². The van der Waals surface area contributed by atoms with Crippen molar-refractivity contribution in [1.82, 2.24) is 14.3 Å². The molecule has 0 bridgehead atoms. The molecular formula is C28H26N6O3S2. The van der Waals surface area contributed by atoms with Crippen LogP contribution >= 0.6 is 11.3 Å². The Hall–Kier alpha value is -4.16. The van der Waals surface area contributed by atoms with Gasteiger partial charge in [-0.15, -0.1) is 0 Å². The zero-order valence-electron chi connectivity index (χ0n) is 21.3. The molecule has 39 heavy (non-hydrogen) atoms. The number of hydrogen-bond donors (Lipinski definition) is 0. The van der Waals surface area contributed by atoms with Crippen molar-refractivity contribution in [2.24, 2.45) is 0 Å². The Morgan fingerprint density at radius 3 is 2.33 bits per heavy atom. The van der Waals surface area contributed by atoms with Gasteiger partial charge in [-0.05, 0) is 60.0 Å². The lowest BCUT2D eigenvalue weighted by Crippen LogP contribution is -2.33. The third-order valence-electron chi connectivity index (χ3n) is 6.07. The number of pyridine rings is 1. The predicted molar refractivity (Wildman–Crippen MR) is 149 cm³/mol. The molecular weight excluding hydrogens is 532 g/mol. The monoisotopic (exact) mass is 558 g/mol. The maximum Gasteiger partial charge on any atom is 0.260 e. The Kier molecular flexibility index (Phi) is 8.99. The van der Waals surface area contributed by atoms with E-state index in [0.29, 0.717) is 10.7 Å². The van der Waals surface area contributed by atoms with Gasteiger partial charge in [-0.2, -0.15) is 14.8 Å². The fourth-order valence-corrected chi connectivity index (χ4v) is 6.44. The summed E-state index contributed by atoms with van der Waals surface area (Å²) >= 11 is 1.42. The van der Waals surface area contributed by atoms with Gasteiger partial charge < -0.3 is 0 Å². The van der Waals surface area contributed by atoms with Crippen LogP contribution in [-0.2, 0) is 23.0 Å². The summed E-state index contributed by atoms with van der Waals surface area (Å²) in [7, 11) is -3.95. The highest BCUT2D eigenvalue weighted by atomic mass is 32.2. The van der Waals surface area contributed by atoms with Crippen molar-refractivity contribution in [3.63, 3.8) is 0 Å². The van der Waals surface area contributed by atoms with Crippen molar-refractivity contribution >= 4 is 42.6 Å². The number of benzene rings is 2. The number of carbonyl (C=O) groups excluding carboxylic acids is 1. The summed E-state index contributed by atoms with van der Waals surface area (Å²) < 4.78 is 28.4. The maximum atomic E-state index is 13.8. The minimum atomic E-state index is -3.95. The van der Waals surface area contributed by atoms with Crippen molar-refractivity contribution in [1.29, 1.82) is 10.5 Å². The van der Waals surface area contributed by atoms with Gasteiger partial charge in [-0.25, -0.2) is 13.4 Å². The fourth-order valence-electron chi connectivity index (χ4n) is 3.97. The number of nitriles is 2. The van der Waals surface area contributed by atoms with Crippen LogP contribution in [-0.4, -0.2) is 41.7 Å². The van der Waals surface area contributed by atoms with E-state index in [2.05, 4.69) is 18.0 Å². The molecule has 0 fully saturated rings. The van der Waals surface area contributed by atoms with Crippen LogP contribution < -0.4 is 4.90 Å². The zero-order chi connectivity index (χ0) is 27.8. The maximum absolute atomic E-state index is 13.8. The smallest absolute Gasteiger partial charge is 0.260 e. The van der Waals surface area contributed by atoms with Crippen molar-refractivity contribution in [3.8, 4) is 12.1 Å². The van der Waals surface area contributed by atoms with E-state index < -0.39 is 10.0 Å². The zero-order valence-corrected chi connectivity index (χ0v) is 23.0. The standard InChI is InChI=1S/C28H26N6O3S2/c1-2-21-7-12-25-26(18-21)38-28(32-25)34(20-22-6-3-15-31-19-22)27(35)23-8-10-24(11-9-23)39(36,37)33(16-4-13-29)17-5-14-30/h3,6-12,15,18-19H,2,4-5,16-17,20H2,1H3. The van der Waals surface area contributed by atoms with Gasteiger partial charge in [-0.1, -0.05) is 30.4 Å². The Morgan fingerprint density at radius 2 is 1.72 bits per heavy atom. The molecule has 0 saturated heterocycles. The fraction of sp³-hybridized carbons (Fsp3) is 0.250. The van der Waals surface area contributed by atoms with E-state index in [4.69, 9.17) is 15.5 Å². The van der Waals surface area contributed by atoms with Gasteiger partial charge in [0.05, 0.1) is 33.8 Å². The quantitative estimate of drug-likeness (QED) is 0.255. The molecule has 4 rings (SSSR count). The first-order valence-electron chi connectivity index (χ1n) is 12.3. The summed E-state index contributed by atoms with van der Waals surface area (Å²) in [6.07, 6.45) is 4.25. The van der Waals surface area contributed by atoms with Gasteiger partial charge in [0.15, 0.2) is 5.13 Å². The SMILES string of the molecule is CCc1ccc2nc(N(Cc3cccnc3)C(=O)c3ccc(S(=O)(=O)N(CCC#N)CCC#N)cc3)sc2c1. The van der Waals surface area contributed by atoms with Crippen LogP contribution in [0, 0.1) is 22.7 Å². The number of fused-ring (bicyclic) bond motifs is 1. The molecule has 0 saturated carbocycles. The van der Waals surface area contributed by atoms with Crippen LogP contribution in [0.5, 0.6) is 0 Å². The normalized spacial score (nSPS) is 11.3. The third-order valence-corrected chi connectivity index (χ3v) is 9.03. The Balaban J connectivity index is 1.66. The molecule has 4 aromatic rings. The summed E-state index contributed by atoms with van der Waals surface area (Å²) in [4.78, 5) is 24.2. The molecule has 1 amide bonds. The van der Waals surface area contributed by atoms with E-state index in [1.54, 1.807) is 23.4 Å². The molecule has 0 aliphatic carbocycles. The van der Waals surface area contributed by atoms with Gasteiger partial charge >= 0.3 is 0 Å². The first-order valence-corrected chi connectivity index (χ1v) is 14.6. The summed E-state index contributed by atoms with van der Waals surface area (Å²) in [6.45, 7) is 2.29. The topological polar surface area (TPSA) is 131 Å². The first-order chi connectivity index (χ1) is 18.9. The molecule has 0 spiro atoms. The number of anilines is 1. The van der Waals surface area contributed by atoms with E-state index >= 15 is 0 Å². The largest absolute Gasteiger partial charge is 0.279 e. The molecule has 11 heteroatoms. The Morgan fingerprint density at radius 1 is 1.00 bits per heavy atom. The minimum Gasteiger partial charge on any atom is -0.279 e. The molecule has 0 radical (unpaired) electrons. The van der Waals surface area contributed by atoms with Gasteiger partial charge in [-0.3, -0.25) is 14.7 Å². The molecule has 0 unspecified atom stereocenters. The number of rotatable bonds is 11. The molecule has 2 heterocycles. The van der Waals surface area contributed by atoms with Crippen molar-refractivity contribution in [3.05, 3.63) is 83.7 Å². The van der Waals surface area contributed by atoms with Crippen LogP contribution in [0.4, 0.5) is 5.13 Å². The molecule has 198 valence electrons. The molecule has 0 N–H and O–H groups in total. The first kappa shape index (κ1) is 27.9. The second kappa shape index (κ2) is 12.6. The summed E-state index contributed by atoms with van der Waals surface area (Å²) in [6, 6.07) is 19.3. The van der Waals surface area contributed by atoms with Gasteiger partial charge in [0.1, 0.15) is 0 Å². The molecule has 2 aromatic heterocycles. The van der Waals surface area contributed by atoms with Crippen molar-refractivity contribution < 1.29 is 13.2 Å².